The fourth-order valence-electron chi connectivity index (χ4n) is 4.17. The van der Waals surface area contributed by atoms with Crippen LogP contribution in [0.2, 0.25) is 0 Å². The fraction of sp³-hybridized carbons (Fsp3) is 0.103. The van der Waals surface area contributed by atoms with Crippen molar-refractivity contribution < 1.29 is 9.84 Å². The number of fused-ring (bicyclic) bond motifs is 1. The Kier molecular flexibility index (Phi) is 5.59. The normalized spacial score (nSPS) is 12.9. The smallest absolute Gasteiger partial charge is 0.138 e. The van der Waals surface area contributed by atoms with Crippen LogP contribution in [-0.2, 0) is 12.0 Å². The van der Waals surface area contributed by atoms with E-state index in [9.17, 15) is 5.11 Å². The van der Waals surface area contributed by atoms with Gasteiger partial charge < -0.3 is 9.84 Å². The average molecular weight is 433 g/mol. The molecule has 1 unspecified atom stereocenters. The minimum atomic E-state index is -1.41. The number of aliphatic hydroxyl groups is 1. The lowest BCUT2D eigenvalue weighted by Gasteiger charge is -2.30. The molecular weight excluding hydrogens is 408 g/mol. The lowest BCUT2D eigenvalue weighted by atomic mass is 9.82. The van der Waals surface area contributed by atoms with Gasteiger partial charge in [0.15, 0.2) is 0 Å². The van der Waals surface area contributed by atoms with Crippen LogP contribution in [0.4, 0.5) is 0 Å². The molecule has 1 N–H and O–H groups in total. The highest BCUT2D eigenvalue weighted by molar-refractivity contribution is 5.79. The molecule has 0 aliphatic rings. The molecule has 0 amide bonds. The number of ether oxygens (including phenoxy) is 1. The van der Waals surface area contributed by atoms with Crippen molar-refractivity contribution in [3.05, 3.63) is 126 Å². The quantitative estimate of drug-likeness (QED) is 0.369. The van der Waals surface area contributed by atoms with E-state index in [4.69, 9.17) is 14.7 Å². The zero-order valence-electron chi connectivity index (χ0n) is 18.3. The predicted molar refractivity (Wildman–Crippen MR) is 131 cm³/mol. The molecule has 33 heavy (non-hydrogen) atoms. The highest BCUT2D eigenvalue weighted by Gasteiger charge is 2.37. The van der Waals surface area contributed by atoms with Crippen LogP contribution in [0.25, 0.3) is 22.3 Å². The summed E-state index contributed by atoms with van der Waals surface area (Å²) in [5.41, 5.74) is 3.97. The highest BCUT2D eigenvalue weighted by Crippen LogP contribution is 2.38. The second kappa shape index (κ2) is 8.85. The molecule has 0 saturated heterocycles. The van der Waals surface area contributed by atoms with E-state index in [1.54, 1.807) is 7.11 Å². The first kappa shape index (κ1) is 20.9. The Morgan fingerprint density at radius 1 is 0.697 bits per heavy atom. The van der Waals surface area contributed by atoms with Gasteiger partial charge in [-0.25, -0.2) is 9.97 Å². The first-order valence-electron chi connectivity index (χ1n) is 10.9. The van der Waals surface area contributed by atoms with Crippen molar-refractivity contribution in [3.8, 4) is 17.0 Å². The number of hydrogen-bond donors (Lipinski definition) is 1. The Hall–Kier alpha value is -4.02. The molecule has 1 aromatic heterocycles. The van der Waals surface area contributed by atoms with Crippen LogP contribution in [0.3, 0.4) is 0 Å². The average Bonchev–Trinajstić information content (AvgIpc) is 2.89. The second-order valence-electron chi connectivity index (χ2n) is 8.03. The van der Waals surface area contributed by atoms with Crippen LogP contribution in [0.5, 0.6) is 5.75 Å². The summed E-state index contributed by atoms with van der Waals surface area (Å²) in [5, 5.41) is 12.4. The Bertz CT molecular complexity index is 1370. The molecule has 0 saturated carbocycles. The van der Waals surface area contributed by atoms with Crippen molar-refractivity contribution in [2.75, 3.05) is 7.11 Å². The maximum Gasteiger partial charge on any atom is 0.138 e. The molecular formula is C29H24N2O2. The molecule has 0 radical (unpaired) electrons. The van der Waals surface area contributed by atoms with Gasteiger partial charge in [-0.2, -0.15) is 0 Å². The third kappa shape index (κ3) is 4.09. The van der Waals surface area contributed by atoms with Crippen LogP contribution in [0, 0.1) is 0 Å². The molecule has 0 spiro atoms. The van der Waals surface area contributed by atoms with Crippen molar-refractivity contribution in [1.29, 1.82) is 0 Å². The number of aromatic nitrogens is 2. The van der Waals surface area contributed by atoms with E-state index >= 15 is 0 Å². The molecule has 0 fully saturated rings. The molecule has 1 heterocycles. The van der Waals surface area contributed by atoms with Crippen molar-refractivity contribution in [2.24, 2.45) is 0 Å². The summed E-state index contributed by atoms with van der Waals surface area (Å²) in [6.45, 7) is 0. The number of para-hydroxylation sites is 2. The van der Waals surface area contributed by atoms with E-state index in [2.05, 4.69) is 0 Å². The van der Waals surface area contributed by atoms with Crippen LogP contribution in [-0.4, -0.2) is 22.2 Å². The SMILES string of the molecule is COc1ccc(C(O)(Cc2ccccc2)c2nc3ccccc3nc2-c2ccccc2)cc1. The largest absolute Gasteiger partial charge is 0.497 e. The monoisotopic (exact) mass is 432 g/mol. The lowest BCUT2D eigenvalue weighted by molar-refractivity contribution is 0.0771. The van der Waals surface area contributed by atoms with Crippen LogP contribution < -0.4 is 4.74 Å². The molecule has 0 aliphatic carbocycles. The van der Waals surface area contributed by atoms with Gasteiger partial charge >= 0.3 is 0 Å². The van der Waals surface area contributed by atoms with Crippen molar-refractivity contribution in [3.63, 3.8) is 0 Å². The van der Waals surface area contributed by atoms with Gasteiger partial charge in [-0.05, 0) is 35.4 Å². The Morgan fingerprint density at radius 2 is 1.27 bits per heavy atom. The number of nitrogens with zero attached hydrogens (tertiary/aromatic N) is 2. The van der Waals surface area contributed by atoms with Gasteiger partial charge in [0.1, 0.15) is 17.0 Å². The van der Waals surface area contributed by atoms with Gasteiger partial charge in [-0.3, -0.25) is 0 Å². The summed E-state index contributed by atoms with van der Waals surface area (Å²) < 4.78 is 5.35. The van der Waals surface area contributed by atoms with Gasteiger partial charge in [-0.15, -0.1) is 0 Å². The number of hydrogen-bond acceptors (Lipinski definition) is 4. The Morgan fingerprint density at radius 3 is 1.91 bits per heavy atom. The number of rotatable bonds is 6. The lowest BCUT2D eigenvalue weighted by Crippen LogP contribution is -2.32. The molecule has 162 valence electrons. The van der Waals surface area contributed by atoms with Crippen LogP contribution in [0.1, 0.15) is 16.8 Å². The standard InChI is InChI=1S/C29H24N2O2/c1-33-24-18-16-23(17-19-24)29(32,20-21-10-4-2-5-11-21)28-27(22-12-6-3-7-13-22)30-25-14-8-9-15-26(25)31-28/h2-19,32H,20H2,1H3. The zero-order chi connectivity index (χ0) is 22.7. The predicted octanol–water partition coefficient (Wildman–Crippen LogP) is 5.78. The molecule has 4 aromatic carbocycles. The van der Waals surface area contributed by atoms with E-state index in [0.717, 1.165) is 33.5 Å². The van der Waals surface area contributed by atoms with Gasteiger partial charge in [0.25, 0.3) is 0 Å². The molecule has 5 rings (SSSR count). The Balaban J connectivity index is 1.78. The molecule has 4 heteroatoms. The molecule has 0 bridgehead atoms. The molecule has 0 aliphatic heterocycles. The summed E-state index contributed by atoms with van der Waals surface area (Å²) in [5.74, 6) is 0.730. The molecule has 1 atom stereocenters. The number of methoxy groups -OCH3 is 1. The summed E-state index contributed by atoms with van der Waals surface area (Å²) in [4.78, 5) is 9.96. The topological polar surface area (TPSA) is 55.2 Å². The third-order valence-electron chi connectivity index (χ3n) is 5.88. The van der Waals surface area contributed by atoms with E-state index in [1.165, 1.54) is 0 Å². The van der Waals surface area contributed by atoms with Gasteiger partial charge in [0, 0.05) is 12.0 Å². The minimum Gasteiger partial charge on any atom is -0.497 e. The van der Waals surface area contributed by atoms with E-state index < -0.39 is 5.60 Å². The Labute approximate surface area is 193 Å². The van der Waals surface area contributed by atoms with E-state index in [1.807, 2.05) is 109 Å². The van der Waals surface area contributed by atoms with E-state index in [-0.39, 0.29) is 0 Å². The molecule has 4 nitrogen and oxygen atoms in total. The first-order chi connectivity index (χ1) is 16.2. The first-order valence-corrected chi connectivity index (χ1v) is 10.9. The van der Waals surface area contributed by atoms with Crippen LogP contribution in [0.15, 0.2) is 109 Å². The van der Waals surface area contributed by atoms with Gasteiger partial charge in [0.05, 0.1) is 23.8 Å². The highest BCUT2D eigenvalue weighted by atomic mass is 16.5. The second-order valence-corrected chi connectivity index (χ2v) is 8.03. The maximum absolute atomic E-state index is 12.4. The summed E-state index contributed by atoms with van der Waals surface area (Å²) >= 11 is 0. The third-order valence-corrected chi connectivity index (χ3v) is 5.88. The summed E-state index contributed by atoms with van der Waals surface area (Å²) in [6, 6.07) is 35.2. The van der Waals surface area contributed by atoms with Gasteiger partial charge in [-0.1, -0.05) is 84.9 Å². The maximum atomic E-state index is 12.4. The van der Waals surface area contributed by atoms with E-state index in [0.29, 0.717) is 17.8 Å². The van der Waals surface area contributed by atoms with Crippen LogP contribution >= 0.6 is 0 Å². The van der Waals surface area contributed by atoms with Gasteiger partial charge in [0.2, 0.25) is 0 Å². The summed E-state index contributed by atoms with van der Waals surface area (Å²) in [6.07, 6.45) is 0.354. The summed E-state index contributed by atoms with van der Waals surface area (Å²) in [7, 11) is 1.63. The van der Waals surface area contributed by atoms with Crippen molar-refractivity contribution >= 4 is 11.0 Å². The minimum absolute atomic E-state index is 0.354. The fourth-order valence-corrected chi connectivity index (χ4v) is 4.17. The number of benzene rings is 4. The van der Waals surface area contributed by atoms with Crippen molar-refractivity contribution in [1.82, 2.24) is 9.97 Å². The zero-order valence-corrected chi connectivity index (χ0v) is 18.3. The molecule has 5 aromatic rings. The van der Waals surface area contributed by atoms with Crippen molar-refractivity contribution in [2.45, 2.75) is 12.0 Å².